The van der Waals surface area contributed by atoms with Gasteiger partial charge in [0.2, 0.25) is 0 Å². The Bertz CT molecular complexity index is 659. The number of nitrogens with zero attached hydrogens (tertiary/aromatic N) is 2. The van der Waals surface area contributed by atoms with E-state index in [4.69, 9.17) is 11.6 Å². The van der Waals surface area contributed by atoms with Crippen molar-refractivity contribution in [1.29, 1.82) is 0 Å². The van der Waals surface area contributed by atoms with Crippen LogP contribution in [0.4, 0.5) is 8.78 Å². The molecule has 3 rings (SSSR count). The van der Waals surface area contributed by atoms with Gasteiger partial charge in [-0.15, -0.1) is 0 Å². The molecule has 0 N–H and O–H groups in total. The number of rotatable bonds is 4. The number of benzene rings is 2. The largest absolute Gasteiger partial charge is 0.435 e. The fourth-order valence-electron chi connectivity index (χ4n) is 2.43. The van der Waals surface area contributed by atoms with E-state index in [-0.39, 0.29) is 17.8 Å². The van der Waals surface area contributed by atoms with E-state index in [0.29, 0.717) is 5.02 Å². The maximum atomic E-state index is 12.1. The summed E-state index contributed by atoms with van der Waals surface area (Å²) in [6, 6.07) is 14.0. The van der Waals surface area contributed by atoms with Crippen LogP contribution in [0, 0.1) is 0 Å². The van der Waals surface area contributed by atoms with Crippen LogP contribution < -0.4 is 4.74 Å². The average molecular weight is 323 g/mol. The van der Waals surface area contributed by atoms with Crippen molar-refractivity contribution in [3.8, 4) is 5.75 Å². The summed E-state index contributed by atoms with van der Waals surface area (Å²) in [4.78, 5) is 0. The number of azo groups is 1. The van der Waals surface area contributed by atoms with E-state index >= 15 is 0 Å². The molecule has 3 nitrogen and oxygen atoms in total. The van der Waals surface area contributed by atoms with E-state index in [9.17, 15) is 8.78 Å². The van der Waals surface area contributed by atoms with Crippen LogP contribution in [-0.4, -0.2) is 6.61 Å². The van der Waals surface area contributed by atoms with Crippen LogP contribution in [0.1, 0.15) is 29.6 Å². The molecule has 1 aliphatic rings. The third-order valence-corrected chi connectivity index (χ3v) is 3.79. The summed E-state index contributed by atoms with van der Waals surface area (Å²) in [6.45, 7) is -2.81. The molecule has 2 atom stereocenters. The maximum Gasteiger partial charge on any atom is 0.387 e. The Hall–Kier alpha value is -2.01. The molecule has 0 amide bonds. The minimum Gasteiger partial charge on any atom is -0.435 e. The first-order valence-corrected chi connectivity index (χ1v) is 7.20. The summed E-state index contributed by atoms with van der Waals surface area (Å²) >= 11 is 5.87. The molecule has 2 aromatic carbocycles. The fourth-order valence-corrected chi connectivity index (χ4v) is 2.55. The zero-order valence-electron chi connectivity index (χ0n) is 11.5. The first kappa shape index (κ1) is 14.9. The lowest BCUT2D eigenvalue weighted by atomic mass is 9.97. The van der Waals surface area contributed by atoms with Gasteiger partial charge in [-0.05, 0) is 35.4 Å². The van der Waals surface area contributed by atoms with Gasteiger partial charge in [-0.2, -0.15) is 19.0 Å². The Morgan fingerprint density at radius 3 is 1.91 bits per heavy atom. The molecule has 0 aromatic heterocycles. The highest BCUT2D eigenvalue weighted by Gasteiger charge is 2.24. The van der Waals surface area contributed by atoms with Crippen molar-refractivity contribution in [3.05, 3.63) is 64.7 Å². The van der Waals surface area contributed by atoms with Crippen molar-refractivity contribution >= 4 is 11.6 Å². The molecule has 2 unspecified atom stereocenters. The zero-order chi connectivity index (χ0) is 15.5. The fraction of sp³-hybridized carbons (Fsp3) is 0.250. The van der Waals surface area contributed by atoms with Gasteiger partial charge in [0.05, 0.1) is 12.1 Å². The predicted octanol–water partition coefficient (Wildman–Crippen LogP) is 5.58. The van der Waals surface area contributed by atoms with Gasteiger partial charge in [-0.3, -0.25) is 0 Å². The number of halogens is 3. The Morgan fingerprint density at radius 2 is 1.41 bits per heavy atom. The second kappa shape index (κ2) is 6.40. The molecule has 0 spiro atoms. The van der Waals surface area contributed by atoms with Crippen LogP contribution in [0.3, 0.4) is 0 Å². The first-order chi connectivity index (χ1) is 10.6. The highest BCUT2D eigenvalue weighted by Crippen LogP contribution is 2.39. The summed E-state index contributed by atoms with van der Waals surface area (Å²) < 4.78 is 28.6. The number of hydrogen-bond acceptors (Lipinski definition) is 3. The molecule has 0 bridgehead atoms. The van der Waals surface area contributed by atoms with Gasteiger partial charge in [-0.1, -0.05) is 35.9 Å². The third-order valence-electron chi connectivity index (χ3n) is 3.54. The number of ether oxygens (including phenoxy) is 1. The summed E-state index contributed by atoms with van der Waals surface area (Å²) in [5, 5.41) is 9.26. The monoisotopic (exact) mass is 322 g/mol. The van der Waals surface area contributed by atoms with Gasteiger partial charge in [0.1, 0.15) is 5.75 Å². The molecule has 0 aliphatic carbocycles. The van der Waals surface area contributed by atoms with Gasteiger partial charge in [0.15, 0.2) is 0 Å². The lowest BCUT2D eigenvalue weighted by Crippen LogP contribution is -2.02. The molecule has 22 heavy (non-hydrogen) atoms. The van der Waals surface area contributed by atoms with Crippen LogP contribution in [0.5, 0.6) is 5.75 Å². The van der Waals surface area contributed by atoms with E-state index in [2.05, 4.69) is 15.0 Å². The number of hydrogen-bond donors (Lipinski definition) is 0. The van der Waals surface area contributed by atoms with Gasteiger partial charge >= 0.3 is 6.61 Å². The minimum atomic E-state index is -2.81. The molecule has 2 aromatic rings. The van der Waals surface area contributed by atoms with Crippen molar-refractivity contribution < 1.29 is 13.5 Å². The average Bonchev–Trinajstić information content (AvgIpc) is 2.98. The Morgan fingerprint density at radius 1 is 0.909 bits per heavy atom. The van der Waals surface area contributed by atoms with E-state index in [0.717, 1.165) is 17.5 Å². The second-order valence-corrected chi connectivity index (χ2v) is 5.43. The molecule has 1 aliphatic heterocycles. The highest BCUT2D eigenvalue weighted by molar-refractivity contribution is 6.30. The summed E-state index contributed by atoms with van der Waals surface area (Å²) in [5.74, 6) is 0.142. The first-order valence-electron chi connectivity index (χ1n) is 6.82. The lowest BCUT2D eigenvalue weighted by Gasteiger charge is -2.10. The minimum absolute atomic E-state index is 0.000688. The van der Waals surface area contributed by atoms with Crippen LogP contribution >= 0.6 is 11.6 Å². The van der Waals surface area contributed by atoms with E-state index in [1.165, 1.54) is 12.1 Å². The lowest BCUT2D eigenvalue weighted by molar-refractivity contribution is -0.0498. The topological polar surface area (TPSA) is 34.0 Å². The van der Waals surface area contributed by atoms with Gasteiger partial charge in [0, 0.05) is 11.4 Å². The van der Waals surface area contributed by atoms with Crippen LogP contribution in [0.15, 0.2) is 58.8 Å². The summed E-state index contributed by atoms with van der Waals surface area (Å²) in [5.41, 5.74) is 2.00. The zero-order valence-corrected chi connectivity index (χ0v) is 12.3. The Balaban J connectivity index is 1.67. The molecule has 114 valence electrons. The predicted molar refractivity (Wildman–Crippen MR) is 79.5 cm³/mol. The second-order valence-electron chi connectivity index (χ2n) is 5.00. The van der Waals surface area contributed by atoms with Crippen LogP contribution in [0.25, 0.3) is 0 Å². The van der Waals surface area contributed by atoms with Gasteiger partial charge in [0.25, 0.3) is 0 Å². The van der Waals surface area contributed by atoms with Crippen molar-refractivity contribution in [2.45, 2.75) is 25.1 Å². The van der Waals surface area contributed by atoms with E-state index in [1.807, 2.05) is 24.3 Å². The molecule has 0 saturated carbocycles. The van der Waals surface area contributed by atoms with Crippen molar-refractivity contribution in [2.24, 2.45) is 10.2 Å². The standard InChI is InChI=1S/C16H13ClF2N2O/c17-12-5-1-10(2-6-12)14-9-15(21-20-14)11-3-7-13(8-4-11)22-16(18)19/h1-8,14-16H,9H2. The molecule has 0 saturated heterocycles. The molecule has 1 heterocycles. The normalized spacial score (nSPS) is 20.5. The van der Waals surface area contributed by atoms with Crippen molar-refractivity contribution in [2.75, 3.05) is 0 Å². The SMILES string of the molecule is FC(F)Oc1ccc(C2CC(c3ccc(Cl)cc3)N=N2)cc1. The molecular weight excluding hydrogens is 310 g/mol. The third kappa shape index (κ3) is 3.42. The van der Waals surface area contributed by atoms with E-state index < -0.39 is 6.61 Å². The van der Waals surface area contributed by atoms with E-state index in [1.54, 1.807) is 12.1 Å². The molecule has 0 fully saturated rings. The van der Waals surface area contributed by atoms with Gasteiger partial charge < -0.3 is 4.74 Å². The number of alkyl halides is 2. The summed E-state index contributed by atoms with van der Waals surface area (Å²) in [6.07, 6.45) is 0.747. The van der Waals surface area contributed by atoms with Crippen LogP contribution in [0.2, 0.25) is 5.02 Å². The van der Waals surface area contributed by atoms with Crippen LogP contribution in [-0.2, 0) is 0 Å². The summed E-state index contributed by atoms with van der Waals surface area (Å²) in [7, 11) is 0. The highest BCUT2D eigenvalue weighted by atomic mass is 35.5. The molecule has 6 heteroatoms. The van der Waals surface area contributed by atoms with Gasteiger partial charge in [-0.25, -0.2) is 0 Å². The maximum absolute atomic E-state index is 12.1. The van der Waals surface area contributed by atoms with Crippen molar-refractivity contribution in [1.82, 2.24) is 0 Å². The Kier molecular flexibility index (Phi) is 4.34. The smallest absolute Gasteiger partial charge is 0.387 e. The molecule has 0 radical (unpaired) electrons. The molecular formula is C16H13ClF2N2O. The van der Waals surface area contributed by atoms with Crippen molar-refractivity contribution in [3.63, 3.8) is 0 Å². The Labute approximate surface area is 131 Å². The quantitative estimate of drug-likeness (QED) is 0.723.